The molecule has 3 unspecified atom stereocenters. The molecule has 1 aromatic rings. The molecule has 23 heavy (non-hydrogen) atoms. The average molecular weight is 329 g/mol. The lowest BCUT2D eigenvalue weighted by Gasteiger charge is -2.30. The van der Waals surface area contributed by atoms with Gasteiger partial charge in [-0.1, -0.05) is 18.6 Å². The number of nitrogens with one attached hydrogen (secondary N) is 1. The molecular weight excluding hydrogens is 307 g/mol. The predicted octanol–water partition coefficient (Wildman–Crippen LogP) is 3.98. The zero-order chi connectivity index (χ0) is 17.0. The maximum absolute atomic E-state index is 12.8. The third-order valence-electron chi connectivity index (χ3n) is 4.57. The zero-order valence-corrected chi connectivity index (χ0v) is 13.1. The first-order chi connectivity index (χ1) is 10.8. The van der Waals surface area contributed by atoms with Gasteiger partial charge < -0.3 is 10.4 Å². The van der Waals surface area contributed by atoms with Crippen molar-refractivity contribution in [2.24, 2.45) is 11.8 Å². The van der Waals surface area contributed by atoms with E-state index in [1.54, 1.807) is 19.1 Å². The first-order valence-corrected chi connectivity index (χ1v) is 7.90. The summed E-state index contributed by atoms with van der Waals surface area (Å²) < 4.78 is 38.4. The van der Waals surface area contributed by atoms with E-state index in [1.165, 1.54) is 12.1 Å². The molecule has 1 aliphatic rings. The van der Waals surface area contributed by atoms with E-state index in [0.717, 1.165) is 0 Å². The van der Waals surface area contributed by atoms with Crippen LogP contribution in [0.1, 0.15) is 44.1 Å². The molecule has 3 atom stereocenters. The number of halogens is 3. The molecule has 1 saturated carbocycles. The van der Waals surface area contributed by atoms with Crippen molar-refractivity contribution < 1.29 is 23.1 Å². The highest BCUT2D eigenvalue weighted by Crippen LogP contribution is 2.39. The lowest BCUT2D eigenvalue weighted by atomic mass is 9.81. The van der Waals surface area contributed by atoms with Gasteiger partial charge in [0.15, 0.2) is 0 Å². The highest BCUT2D eigenvalue weighted by molar-refractivity contribution is 5.83. The lowest BCUT2D eigenvalue weighted by molar-refractivity contribution is -0.185. The zero-order valence-electron chi connectivity index (χ0n) is 13.1. The fourth-order valence-corrected chi connectivity index (χ4v) is 3.12. The highest BCUT2D eigenvalue weighted by Gasteiger charge is 2.42. The van der Waals surface area contributed by atoms with Crippen LogP contribution in [-0.4, -0.2) is 23.7 Å². The van der Waals surface area contributed by atoms with Gasteiger partial charge >= 0.3 is 6.18 Å². The SMILES string of the molecule is CC(C(=O)NCC1CCCC(C(F)(F)F)C1)c1cccc(O)c1. The van der Waals surface area contributed by atoms with Crippen molar-refractivity contribution >= 4 is 5.91 Å². The lowest BCUT2D eigenvalue weighted by Crippen LogP contribution is -2.36. The minimum absolute atomic E-state index is 0.0856. The molecule has 0 spiro atoms. The number of phenols is 1. The van der Waals surface area contributed by atoms with Crippen LogP contribution in [-0.2, 0) is 4.79 Å². The topological polar surface area (TPSA) is 49.3 Å². The Balaban J connectivity index is 1.86. The number of aromatic hydroxyl groups is 1. The Morgan fingerprint density at radius 2 is 2.13 bits per heavy atom. The summed E-state index contributed by atoms with van der Waals surface area (Å²) >= 11 is 0. The molecule has 128 valence electrons. The van der Waals surface area contributed by atoms with E-state index in [0.29, 0.717) is 18.4 Å². The molecule has 1 aromatic carbocycles. The molecule has 6 heteroatoms. The van der Waals surface area contributed by atoms with Crippen LogP contribution in [0, 0.1) is 11.8 Å². The Kier molecular flexibility index (Phi) is 5.55. The highest BCUT2D eigenvalue weighted by atomic mass is 19.4. The van der Waals surface area contributed by atoms with E-state index in [-0.39, 0.29) is 37.0 Å². The minimum Gasteiger partial charge on any atom is -0.508 e. The summed E-state index contributed by atoms with van der Waals surface area (Å²) in [6, 6.07) is 6.44. The summed E-state index contributed by atoms with van der Waals surface area (Å²) in [5.74, 6) is -1.98. The quantitative estimate of drug-likeness (QED) is 0.878. The van der Waals surface area contributed by atoms with Gasteiger partial charge in [-0.15, -0.1) is 0 Å². The van der Waals surface area contributed by atoms with Crippen LogP contribution in [0.5, 0.6) is 5.75 Å². The fourth-order valence-electron chi connectivity index (χ4n) is 3.12. The number of alkyl halides is 3. The molecule has 0 heterocycles. The van der Waals surface area contributed by atoms with Crippen LogP contribution in [0.25, 0.3) is 0 Å². The smallest absolute Gasteiger partial charge is 0.391 e. The van der Waals surface area contributed by atoms with Gasteiger partial charge in [-0.05, 0) is 49.8 Å². The molecular formula is C17H22F3NO2. The molecule has 3 nitrogen and oxygen atoms in total. The number of benzene rings is 1. The number of hydrogen-bond donors (Lipinski definition) is 2. The molecule has 0 bridgehead atoms. The van der Waals surface area contributed by atoms with Crippen LogP contribution < -0.4 is 5.32 Å². The van der Waals surface area contributed by atoms with E-state index >= 15 is 0 Å². The Morgan fingerprint density at radius 1 is 1.39 bits per heavy atom. The van der Waals surface area contributed by atoms with Gasteiger partial charge in [0.25, 0.3) is 0 Å². The van der Waals surface area contributed by atoms with Crippen molar-refractivity contribution in [3.8, 4) is 5.75 Å². The molecule has 0 radical (unpaired) electrons. The monoisotopic (exact) mass is 329 g/mol. The largest absolute Gasteiger partial charge is 0.508 e. The Bertz CT molecular complexity index is 545. The van der Waals surface area contributed by atoms with Gasteiger partial charge in [0, 0.05) is 6.54 Å². The minimum atomic E-state index is -4.14. The molecule has 1 fully saturated rings. The summed E-state index contributed by atoms with van der Waals surface area (Å²) in [6.07, 6.45) is -2.60. The standard InChI is InChI=1S/C17H22F3NO2/c1-11(13-5-3-7-15(22)9-13)16(23)21-10-12-4-2-6-14(8-12)17(18,19)20/h3,5,7,9,11-12,14,22H,2,4,6,8,10H2,1H3,(H,21,23). The summed E-state index contributed by atoms with van der Waals surface area (Å²) in [5, 5.41) is 12.2. The maximum Gasteiger partial charge on any atom is 0.391 e. The summed E-state index contributed by atoms with van der Waals surface area (Å²) in [7, 11) is 0. The number of hydrogen-bond acceptors (Lipinski definition) is 2. The van der Waals surface area contributed by atoms with Crippen LogP contribution >= 0.6 is 0 Å². The average Bonchev–Trinajstić information content (AvgIpc) is 2.51. The summed E-state index contributed by atoms with van der Waals surface area (Å²) in [6.45, 7) is 1.98. The van der Waals surface area contributed by atoms with Crippen LogP contribution in [0.2, 0.25) is 0 Å². The molecule has 2 N–H and O–H groups in total. The van der Waals surface area contributed by atoms with Gasteiger partial charge in [0.05, 0.1) is 11.8 Å². The molecule has 0 saturated heterocycles. The van der Waals surface area contributed by atoms with E-state index in [1.807, 2.05) is 0 Å². The Morgan fingerprint density at radius 3 is 2.78 bits per heavy atom. The first kappa shape index (κ1) is 17.6. The van der Waals surface area contributed by atoms with Crippen molar-refractivity contribution in [1.29, 1.82) is 0 Å². The summed E-state index contributed by atoms with van der Waals surface area (Å²) in [5.41, 5.74) is 0.680. The van der Waals surface area contributed by atoms with E-state index < -0.39 is 18.0 Å². The van der Waals surface area contributed by atoms with Gasteiger partial charge in [-0.25, -0.2) is 0 Å². The Hall–Kier alpha value is -1.72. The number of carbonyl (C=O) groups is 1. The molecule has 0 aliphatic heterocycles. The molecule has 2 rings (SSSR count). The maximum atomic E-state index is 12.8. The third kappa shape index (κ3) is 4.88. The second-order valence-electron chi connectivity index (χ2n) is 6.33. The third-order valence-corrected chi connectivity index (χ3v) is 4.57. The predicted molar refractivity (Wildman–Crippen MR) is 81.0 cm³/mol. The van der Waals surface area contributed by atoms with Crippen LogP contribution in [0.15, 0.2) is 24.3 Å². The van der Waals surface area contributed by atoms with E-state index in [2.05, 4.69) is 5.32 Å². The van der Waals surface area contributed by atoms with Crippen molar-refractivity contribution in [1.82, 2.24) is 5.32 Å². The number of amides is 1. The molecule has 0 aromatic heterocycles. The number of rotatable bonds is 4. The van der Waals surface area contributed by atoms with Gasteiger partial charge in [-0.2, -0.15) is 13.2 Å². The summed E-state index contributed by atoms with van der Waals surface area (Å²) in [4.78, 5) is 12.2. The fraction of sp³-hybridized carbons (Fsp3) is 0.588. The van der Waals surface area contributed by atoms with Crippen molar-refractivity contribution in [2.45, 2.75) is 44.7 Å². The normalized spacial score (nSPS) is 23.3. The number of carbonyl (C=O) groups excluding carboxylic acids is 1. The van der Waals surface area contributed by atoms with Crippen molar-refractivity contribution in [2.75, 3.05) is 6.54 Å². The molecule has 1 amide bonds. The van der Waals surface area contributed by atoms with Crippen molar-refractivity contribution in [3.05, 3.63) is 29.8 Å². The van der Waals surface area contributed by atoms with E-state index in [9.17, 15) is 23.1 Å². The first-order valence-electron chi connectivity index (χ1n) is 7.90. The number of phenolic OH excluding ortho intramolecular Hbond substituents is 1. The van der Waals surface area contributed by atoms with Crippen LogP contribution in [0.4, 0.5) is 13.2 Å². The van der Waals surface area contributed by atoms with Gasteiger partial charge in [-0.3, -0.25) is 4.79 Å². The van der Waals surface area contributed by atoms with E-state index in [4.69, 9.17) is 0 Å². The van der Waals surface area contributed by atoms with Gasteiger partial charge in [0.1, 0.15) is 5.75 Å². The van der Waals surface area contributed by atoms with Gasteiger partial charge in [0.2, 0.25) is 5.91 Å². The van der Waals surface area contributed by atoms with Crippen molar-refractivity contribution in [3.63, 3.8) is 0 Å². The van der Waals surface area contributed by atoms with Crippen LogP contribution in [0.3, 0.4) is 0 Å². The second-order valence-corrected chi connectivity index (χ2v) is 6.33. The Labute approximate surface area is 133 Å². The second kappa shape index (κ2) is 7.23. The molecule has 1 aliphatic carbocycles.